The van der Waals surface area contributed by atoms with Crippen molar-refractivity contribution in [2.45, 2.75) is 32.8 Å². The summed E-state index contributed by atoms with van der Waals surface area (Å²) in [6.07, 6.45) is 5.86. The molecule has 0 radical (unpaired) electrons. The molecule has 0 aliphatic heterocycles. The summed E-state index contributed by atoms with van der Waals surface area (Å²) >= 11 is 2.23. The van der Waals surface area contributed by atoms with Crippen LogP contribution in [0, 0.1) is 3.57 Å². The molecule has 1 aromatic rings. The van der Waals surface area contributed by atoms with Gasteiger partial charge in [-0.15, -0.1) is 0 Å². The fourth-order valence-electron chi connectivity index (χ4n) is 1.20. The molecule has 0 atom stereocenters. The molecule has 1 rings (SSSR count). The van der Waals surface area contributed by atoms with Gasteiger partial charge in [0.25, 0.3) is 0 Å². The van der Waals surface area contributed by atoms with Gasteiger partial charge in [-0.3, -0.25) is 0 Å². The van der Waals surface area contributed by atoms with Gasteiger partial charge in [-0.05, 0) is 49.3 Å². The maximum absolute atomic E-state index is 5.46. The minimum absolute atomic E-state index is 0.329. The molecule has 0 amide bonds. The highest BCUT2D eigenvalue weighted by atomic mass is 127. The van der Waals surface area contributed by atoms with Crippen LogP contribution >= 0.6 is 22.6 Å². The smallest absolute Gasteiger partial charge is 0.142 e. The second-order valence-corrected chi connectivity index (χ2v) is 4.93. The summed E-state index contributed by atoms with van der Waals surface area (Å²) in [6.45, 7) is 5.87. The van der Waals surface area contributed by atoms with E-state index in [4.69, 9.17) is 4.74 Å². The van der Waals surface area contributed by atoms with Crippen LogP contribution in [0.25, 0.3) is 0 Å². The molecule has 0 saturated heterocycles. The molecular weight excluding hydrogens is 317 g/mol. The molecule has 0 aromatic carbocycles. The zero-order valence-corrected chi connectivity index (χ0v) is 11.9. The molecule has 90 valence electrons. The summed E-state index contributed by atoms with van der Waals surface area (Å²) in [7, 11) is 0. The number of nitrogens with zero attached hydrogens (tertiary/aromatic N) is 2. The third kappa shape index (κ3) is 5.60. The third-order valence-electron chi connectivity index (χ3n) is 1.98. The van der Waals surface area contributed by atoms with E-state index in [1.807, 2.05) is 0 Å². The largest absolute Gasteiger partial charge is 0.379 e. The first kappa shape index (κ1) is 13.6. The third-order valence-corrected chi connectivity index (χ3v) is 2.77. The number of anilines is 1. The van der Waals surface area contributed by atoms with Crippen LogP contribution in [-0.4, -0.2) is 29.2 Å². The molecule has 0 aliphatic carbocycles. The fraction of sp³-hybridized carbons (Fsp3) is 0.636. The average molecular weight is 335 g/mol. The van der Waals surface area contributed by atoms with Crippen LogP contribution in [0.4, 0.5) is 5.82 Å². The average Bonchev–Trinajstić information content (AvgIpc) is 2.25. The van der Waals surface area contributed by atoms with Crippen molar-refractivity contribution in [3.63, 3.8) is 0 Å². The molecule has 0 unspecified atom stereocenters. The van der Waals surface area contributed by atoms with Gasteiger partial charge in [0.2, 0.25) is 0 Å². The molecule has 0 spiro atoms. The van der Waals surface area contributed by atoms with E-state index >= 15 is 0 Å². The van der Waals surface area contributed by atoms with Gasteiger partial charge < -0.3 is 10.1 Å². The Labute approximate surface area is 110 Å². The first-order chi connectivity index (χ1) is 7.70. The normalized spacial score (nSPS) is 10.8. The van der Waals surface area contributed by atoms with Crippen molar-refractivity contribution in [3.8, 4) is 0 Å². The van der Waals surface area contributed by atoms with Crippen molar-refractivity contribution in [2.75, 3.05) is 18.5 Å². The van der Waals surface area contributed by atoms with E-state index in [2.05, 4.69) is 51.7 Å². The molecule has 0 saturated carbocycles. The monoisotopic (exact) mass is 335 g/mol. The molecule has 16 heavy (non-hydrogen) atoms. The Morgan fingerprint density at radius 2 is 2.25 bits per heavy atom. The molecular formula is C11H18IN3O. The summed E-state index contributed by atoms with van der Waals surface area (Å²) in [5, 5.41) is 3.29. The van der Waals surface area contributed by atoms with Crippen LogP contribution in [0.2, 0.25) is 0 Å². The van der Waals surface area contributed by atoms with E-state index in [1.54, 1.807) is 12.5 Å². The summed E-state index contributed by atoms with van der Waals surface area (Å²) < 4.78 is 6.52. The summed E-state index contributed by atoms with van der Waals surface area (Å²) in [5.74, 6) is 0.917. The predicted octanol–water partition coefficient (Wildman–Crippen LogP) is 2.70. The molecule has 0 fully saturated rings. The summed E-state index contributed by atoms with van der Waals surface area (Å²) in [5.41, 5.74) is 0. The van der Waals surface area contributed by atoms with E-state index in [-0.39, 0.29) is 0 Å². The summed E-state index contributed by atoms with van der Waals surface area (Å²) in [6, 6.07) is 0. The lowest BCUT2D eigenvalue weighted by molar-refractivity contribution is 0.0765. The minimum atomic E-state index is 0.329. The molecule has 5 heteroatoms. The molecule has 1 N–H and O–H groups in total. The Hall–Kier alpha value is -0.430. The fourth-order valence-corrected chi connectivity index (χ4v) is 1.69. The van der Waals surface area contributed by atoms with Crippen LogP contribution in [0.15, 0.2) is 12.5 Å². The number of unbranched alkanes of at least 4 members (excludes halogenated alkanes) is 1. The van der Waals surface area contributed by atoms with Crippen molar-refractivity contribution >= 4 is 28.4 Å². The quantitative estimate of drug-likeness (QED) is 0.615. The maximum atomic E-state index is 5.46. The molecule has 0 bridgehead atoms. The Morgan fingerprint density at radius 1 is 1.44 bits per heavy atom. The van der Waals surface area contributed by atoms with Gasteiger partial charge in [-0.2, -0.15) is 0 Å². The standard InChI is InChI=1S/C11H18IN3O/c1-9(2)16-6-4-3-5-14-11-10(12)7-13-8-15-11/h7-9H,3-6H2,1-2H3,(H,13,14,15). The van der Waals surface area contributed by atoms with Gasteiger partial charge in [-0.25, -0.2) is 9.97 Å². The maximum Gasteiger partial charge on any atom is 0.142 e. The van der Waals surface area contributed by atoms with Gasteiger partial charge in [-0.1, -0.05) is 0 Å². The van der Waals surface area contributed by atoms with Crippen molar-refractivity contribution in [2.24, 2.45) is 0 Å². The highest BCUT2D eigenvalue weighted by Gasteiger charge is 1.99. The highest BCUT2D eigenvalue weighted by Crippen LogP contribution is 2.12. The molecule has 0 aliphatic rings. The van der Waals surface area contributed by atoms with Crippen LogP contribution < -0.4 is 5.32 Å². The number of hydrogen-bond donors (Lipinski definition) is 1. The minimum Gasteiger partial charge on any atom is -0.379 e. The zero-order valence-electron chi connectivity index (χ0n) is 9.74. The van der Waals surface area contributed by atoms with Crippen LogP contribution in [-0.2, 0) is 4.74 Å². The predicted molar refractivity (Wildman–Crippen MR) is 73.6 cm³/mol. The Kier molecular flexibility index (Phi) is 6.63. The number of halogens is 1. The van der Waals surface area contributed by atoms with Crippen molar-refractivity contribution < 1.29 is 4.74 Å². The summed E-state index contributed by atoms with van der Waals surface area (Å²) in [4.78, 5) is 8.11. The lowest BCUT2D eigenvalue weighted by Gasteiger charge is -2.08. The van der Waals surface area contributed by atoms with Gasteiger partial charge in [0.15, 0.2) is 0 Å². The van der Waals surface area contributed by atoms with Crippen LogP contribution in [0.1, 0.15) is 26.7 Å². The Balaban J connectivity index is 2.10. The number of hydrogen-bond acceptors (Lipinski definition) is 4. The molecule has 1 heterocycles. The van der Waals surface area contributed by atoms with Crippen molar-refractivity contribution in [1.82, 2.24) is 9.97 Å². The van der Waals surface area contributed by atoms with Crippen LogP contribution in [0.5, 0.6) is 0 Å². The number of nitrogens with one attached hydrogen (secondary N) is 1. The SMILES string of the molecule is CC(C)OCCCCNc1ncncc1I. The molecule has 1 aromatic heterocycles. The van der Waals surface area contributed by atoms with Crippen molar-refractivity contribution in [3.05, 3.63) is 16.1 Å². The highest BCUT2D eigenvalue weighted by molar-refractivity contribution is 14.1. The van der Waals surface area contributed by atoms with Gasteiger partial charge >= 0.3 is 0 Å². The van der Waals surface area contributed by atoms with Crippen LogP contribution in [0.3, 0.4) is 0 Å². The lowest BCUT2D eigenvalue weighted by atomic mass is 10.3. The van der Waals surface area contributed by atoms with Gasteiger partial charge in [0, 0.05) is 19.3 Å². The Morgan fingerprint density at radius 3 is 2.94 bits per heavy atom. The topological polar surface area (TPSA) is 47.0 Å². The van der Waals surface area contributed by atoms with Gasteiger partial charge in [0.1, 0.15) is 12.1 Å². The number of aromatic nitrogens is 2. The second-order valence-electron chi connectivity index (χ2n) is 3.77. The van der Waals surface area contributed by atoms with E-state index < -0.39 is 0 Å². The van der Waals surface area contributed by atoms with Crippen molar-refractivity contribution in [1.29, 1.82) is 0 Å². The zero-order chi connectivity index (χ0) is 11.8. The first-order valence-electron chi connectivity index (χ1n) is 5.51. The first-order valence-corrected chi connectivity index (χ1v) is 6.59. The van der Waals surface area contributed by atoms with E-state index in [0.717, 1.165) is 35.4 Å². The number of rotatable bonds is 7. The van der Waals surface area contributed by atoms with E-state index in [9.17, 15) is 0 Å². The van der Waals surface area contributed by atoms with E-state index in [0.29, 0.717) is 6.10 Å². The number of ether oxygens (including phenoxy) is 1. The second kappa shape index (κ2) is 7.78. The molecule has 4 nitrogen and oxygen atoms in total. The Bertz CT molecular complexity index is 307. The van der Waals surface area contributed by atoms with Gasteiger partial charge in [0.05, 0.1) is 9.67 Å². The lowest BCUT2D eigenvalue weighted by Crippen LogP contribution is -2.08. The van der Waals surface area contributed by atoms with E-state index in [1.165, 1.54) is 0 Å².